The van der Waals surface area contributed by atoms with E-state index in [0.717, 1.165) is 30.5 Å². The number of nitrogens with zero attached hydrogens (tertiary/aromatic N) is 3. The Morgan fingerprint density at radius 2 is 1.96 bits per heavy atom. The molecule has 144 valence electrons. The average Bonchev–Trinajstić information content (AvgIpc) is 3.25. The van der Waals surface area contributed by atoms with E-state index in [1.54, 1.807) is 15.5 Å². The quantitative estimate of drug-likeness (QED) is 0.694. The lowest BCUT2D eigenvalue weighted by Crippen LogP contribution is -2.37. The van der Waals surface area contributed by atoms with Crippen molar-refractivity contribution in [2.75, 3.05) is 11.4 Å². The van der Waals surface area contributed by atoms with Gasteiger partial charge < -0.3 is 10.2 Å². The number of rotatable bonds is 5. The van der Waals surface area contributed by atoms with Crippen LogP contribution in [-0.4, -0.2) is 33.8 Å². The first-order valence-corrected chi connectivity index (χ1v) is 9.78. The van der Waals surface area contributed by atoms with E-state index in [4.69, 9.17) is 0 Å². The molecule has 6 heteroatoms. The number of carbonyl (C=O) groups excluding carboxylic acids is 2. The van der Waals surface area contributed by atoms with Crippen molar-refractivity contribution in [3.8, 4) is 0 Å². The van der Waals surface area contributed by atoms with Gasteiger partial charge in [0.15, 0.2) is 5.69 Å². The largest absolute Gasteiger partial charge is 0.351 e. The molecule has 1 atom stereocenters. The summed E-state index contributed by atoms with van der Waals surface area (Å²) in [6.45, 7) is 4.71. The number of carbonyl (C=O) groups is 2. The molecule has 1 N–H and O–H groups in total. The third-order valence-electron chi connectivity index (χ3n) is 5.20. The summed E-state index contributed by atoms with van der Waals surface area (Å²) >= 11 is 0. The number of imidazole rings is 1. The smallest absolute Gasteiger partial charge is 0.294 e. The number of benzene rings is 1. The molecule has 0 saturated heterocycles. The fourth-order valence-corrected chi connectivity index (χ4v) is 3.80. The summed E-state index contributed by atoms with van der Waals surface area (Å²) in [4.78, 5) is 32.3. The van der Waals surface area contributed by atoms with Gasteiger partial charge in [0.05, 0.1) is 5.52 Å². The Kier molecular flexibility index (Phi) is 4.86. The number of nitrogens with one attached hydrogen (secondary N) is 1. The van der Waals surface area contributed by atoms with Gasteiger partial charge in [-0.25, -0.2) is 4.98 Å². The van der Waals surface area contributed by atoms with Crippen LogP contribution in [-0.2, 0) is 6.42 Å². The molecule has 1 aliphatic rings. The highest BCUT2D eigenvalue weighted by Crippen LogP contribution is 2.33. The SMILES string of the molecule is CCCCNC(=O)c1nc(C(=O)N2c3ccccc3CC2C)n2ccccc12. The molecule has 0 fully saturated rings. The first kappa shape index (κ1) is 18.2. The molecule has 6 nitrogen and oxygen atoms in total. The summed E-state index contributed by atoms with van der Waals surface area (Å²) in [6, 6.07) is 13.5. The van der Waals surface area contributed by atoms with Gasteiger partial charge in [-0.15, -0.1) is 0 Å². The van der Waals surface area contributed by atoms with Gasteiger partial charge in [-0.05, 0) is 43.5 Å². The minimum absolute atomic E-state index is 0.0443. The van der Waals surface area contributed by atoms with Crippen LogP contribution in [0.2, 0.25) is 0 Å². The Bertz CT molecular complexity index is 1040. The predicted octanol–water partition coefficient (Wildman–Crippen LogP) is 3.46. The number of anilines is 1. The summed E-state index contributed by atoms with van der Waals surface area (Å²) < 4.78 is 1.71. The van der Waals surface area contributed by atoms with Crippen LogP contribution in [0.1, 0.15) is 53.4 Å². The lowest BCUT2D eigenvalue weighted by atomic mass is 10.1. The molecule has 2 amide bonds. The Morgan fingerprint density at radius 1 is 1.18 bits per heavy atom. The fraction of sp³-hybridized carbons (Fsp3) is 0.318. The normalized spacial score (nSPS) is 15.6. The van der Waals surface area contributed by atoms with E-state index in [1.807, 2.05) is 43.3 Å². The fourth-order valence-electron chi connectivity index (χ4n) is 3.80. The van der Waals surface area contributed by atoms with Crippen LogP contribution in [0.5, 0.6) is 0 Å². The van der Waals surface area contributed by atoms with Crippen molar-refractivity contribution < 1.29 is 9.59 Å². The molecule has 3 heterocycles. The molecule has 2 aromatic heterocycles. The highest BCUT2D eigenvalue weighted by Gasteiger charge is 2.34. The van der Waals surface area contributed by atoms with Gasteiger partial charge in [-0.2, -0.15) is 0 Å². The molecule has 0 aliphatic carbocycles. The van der Waals surface area contributed by atoms with Gasteiger partial charge in [0.2, 0.25) is 5.82 Å². The summed E-state index contributed by atoms with van der Waals surface area (Å²) in [5, 5.41) is 2.90. The van der Waals surface area contributed by atoms with E-state index < -0.39 is 0 Å². The molecule has 1 aliphatic heterocycles. The summed E-state index contributed by atoms with van der Waals surface area (Å²) in [5.41, 5.74) is 3.00. The van der Waals surface area contributed by atoms with Crippen molar-refractivity contribution in [2.45, 2.75) is 39.2 Å². The number of hydrogen-bond donors (Lipinski definition) is 1. The van der Waals surface area contributed by atoms with Crippen LogP contribution in [0, 0.1) is 0 Å². The minimum atomic E-state index is -0.244. The summed E-state index contributed by atoms with van der Waals surface area (Å²) in [6.07, 6.45) is 4.51. The summed E-state index contributed by atoms with van der Waals surface area (Å²) in [5.74, 6) is -0.169. The zero-order valence-electron chi connectivity index (χ0n) is 16.2. The highest BCUT2D eigenvalue weighted by atomic mass is 16.2. The van der Waals surface area contributed by atoms with Crippen molar-refractivity contribution in [3.63, 3.8) is 0 Å². The maximum atomic E-state index is 13.4. The molecule has 1 unspecified atom stereocenters. The van der Waals surface area contributed by atoms with Crippen LogP contribution in [0.15, 0.2) is 48.7 Å². The number of para-hydroxylation sites is 1. The second-order valence-corrected chi connectivity index (χ2v) is 7.21. The van der Waals surface area contributed by atoms with E-state index in [2.05, 4.69) is 23.3 Å². The summed E-state index contributed by atoms with van der Waals surface area (Å²) in [7, 11) is 0. The number of hydrogen-bond acceptors (Lipinski definition) is 3. The molecule has 4 rings (SSSR count). The van der Waals surface area contributed by atoms with Gasteiger partial charge in [-0.1, -0.05) is 37.6 Å². The standard InChI is InChI=1S/C22H24N4O2/c1-3-4-12-23-21(27)19-18-11-7-8-13-25(18)20(24-19)22(28)26-15(2)14-16-9-5-6-10-17(16)26/h5-11,13,15H,3-4,12,14H2,1-2H3,(H,23,27). The molecule has 28 heavy (non-hydrogen) atoms. The van der Waals surface area contributed by atoms with Crippen LogP contribution in [0.25, 0.3) is 5.52 Å². The lowest BCUT2D eigenvalue weighted by molar-refractivity contribution is 0.0950. The predicted molar refractivity (Wildman–Crippen MR) is 109 cm³/mol. The molecule has 0 saturated carbocycles. The van der Waals surface area contributed by atoms with Crippen molar-refractivity contribution in [1.82, 2.24) is 14.7 Å². The van der Waals surface area contributed by atoms with E-state index in [1.165, 1.54) is 0 Å². The van der Waals surface area contributed by atoms with E-state index in [9.17, 15) is 9.59 Å². The Morgan fingerprint density at radius 3 is 2.79 bits per heavy atom. The maximum absolute atomic E-state index is 13.4. The molecular formula is C22H24N4O2. The number of unbranched alkanes of at least 4 members (excludes halogenated alkanes) is 1. The third kappa shape index (κ3) is 3.05. The first-order valence-electron chi connectivity index (χ1n) is 9.78. The van der Waals surface area contributed by atoms with Crippen molar-refractivity contribution in [3.05, 3.63) is 65.7 Å². The lowest BCUT2D eigenvalue weighted by Gasteiger charge is -2.21. The van der Waals surface area contributed by atoms with Gasteiger partial charge >= 0.3 is 0 Å². The Hall–Kier alpha value is -3.15. The van der Waals surface area contributed by atoms with Gasteiger partial charge in [0, 0.05) is 24.5 Å². The second kappa shape index (κ2) is 7.46. The third-order valence-corrected chi connectivity index (χ3v) is 5.20. The van der Waals surface area contributed by atoms with E-state index in [-0.39, 0.29) is 23.7 Å². The average molecular weight is 376 g/mol. The van der Waals surface area contributed by atoms with Crippen LogP contribution < -0.4 is 10.2 Å². The first-order chi connectivity index (χ1) is 13.6. The number of amides is 2. The highest BCUT2D eigenvalue weighted by molar-refractivity contribution is 6.08. The Balaban J connectivity index is 1.73. The van der Waals surface area contributed by atoms with Crippen LogP contribution in [0.4, 0.5) is 5.69 Å². The zero-order valence-corrected chi connectivity index (χ0v) is 16.2. The van der Waals surface area contributed by atoms with Crippen molar-refractivity contribution >= 4 is 23.0 Å². The number of pyridine rings is 1. The van der Waals surface area contributed by atoms with Gasteiger partial charge in [0.1, 0.15) is 0 Å². The maximum Gasteiger partial charge on any atom is 0.294 e. The van der Waals surface area contributed by atoms with Crippen molar-refractivity contribution in [1.29, 1.82) is 0 Å². The van der Waals surface area contributed by atoms with Crippen LogP contribution >= 0.6 is 0 Å². The molecule has 0 spiro atoms. The monoisotopic (exact) mass is 376 g/mol. The number of aromatic nitrogens is 2. The number of fused-ring (bicyclic) bond motifs is 2. The zero-order chi connectivity index (χ0) is 19.7. The minimum Gasteiger partial charge on any atom is -0.351 e. The van der Waals surface area contributed by atoms with Crippen LogP contribution in [0.3, 0.4) is 0 Å². The van der Waals surface area contributed by atoms with Crippen molar-refractivity contribution in [2.24, 2.45) is 0 Å². The van der Waals surface area contributed by atoms with E-state index in [0.29, 0.717) is 17.8 Å². The molecule has 0 radical (unpaired) electrons. The van der Waals surface area contributed by atoms with E-state index >= 15 is 0 Å². The molecular weight excluding hydrogens is 352 g/mol. The molecule has 1 aromatic carbocycles. The van der Waals surface area contributed by atoms with Gasteiger partial charge in [-0.3, -0.25) is 14.0 Å². The molecule has 3 aromatic rings. The van der Waals surface area contributed by atoms with Gasteiger partial charge in [0.25, 0.3) is 11.8 Å². The Labute approximate surface area is 164 Å². The second-order valence-electron chi connectivity index (χ2n) is 7.21. The topological polar surface area (TPSA) is 66.7 Å². The molecule has 0 bridgehead atoms.